The van der Waals surface area contributed by atoms with Crippen molar-refractivity contribution < 1.29 is 39.4 Å². The SMILES string of the molecule is CC1=C[C@H]2c3c(O)cc(-c4cc5ccc(O)cc5o4)cc3O[C@@]3(c4ccc(O)cc4O)Oc4cc(O)ccc4[C@@H](C1)[C@H]23. The predicted molar refractivity (Wildman–Crippen MR) is 153 cm³/mol. The highest BCUT2D eigenvalue weighted by Gasteiger charge is 2.61. The summed E-state index contributed by atoms with van der Waals surface area (Å²) in [4.78, 5) is 0. The maximum Gasteiger partial charge on any atom is 0.285 e. The van der Waals surface area contributed by atoms with Gasteiger partial charge >= 0.3 is 0 Å². The molecule has 2 aliphatic heterocycles. The second kappa shape index (κ2) is 8.39. The summed E-state index contributed by atoms with van der Waals surface area (Å²) in [5, 5.41) is 53.9. The fraction of sp³-hybridized carbons (Fsp3) is 0.176. The van der Waals surface area contributed by atoms with E-state index in [1.807, 2.05) is 12.1 Å². The number of rotatable bonds is 2. The summed E-state index contributed by atoms with van der Waals surface area (Å²) in [6, 6.07) is 19.4. The number of allylic oxidation sites excluding steroid dienone is 2. The third-order valence-electron chi connectivity index (χ3n) is 8.78. The number of fused-ring (bicyclic) bond motifs is 5. The number of ether oxygens (including phenoxy) is 2. The van der Waals surface area contributed by atoms with Gasteiger partial charge < -0.3 is 39.4 Å². The molecule has 0 saturated heterocycles. The molecular formula is C34H26O8. The van der Waals surface area contributed by atoms with Gasteiger partial charge in [0, 0.05) is 46.5 Å². The lowest BCUT2D eigenvalue weighted by atomic mass is 9.61. The number of benzene rings is 4. The van der Waals surface area contributed by atoms with Crippen LogP contribution in [0.1, 0.15) is 41.9 Å². The van der Waals surface area contributed by atoms with Crippen molar-refractivity contribution in [3.05, 3.63) is 101 Å². The summed E-state index contributed by atoms with van der Waals surface area (Å²) in [5.74, 6) is -1.40. The third-order valence-corrected chi connectivity index (χ3v) is 8.78. The minimum atomic E-state index is -1.57. The van der Waals surface area contributed by atoms with Gasteiger partial charge in [0.25, 0.3) is 5.79 Å². The van der Waals surface area contributed by atoms with Crippen LogP contribution >= 0.6 is 0 Å². The molecule has 3 aliphatic rings. The topological polar surface area (TPSA) is 133 Å². The first-order valence-corrected chi connectivity index (χ1v) is 13.7. The van der Waals surface area contributed by atoms with Gasteiger partial charge in [-0.2, -0.15) is 0 Å². The summed E-state index contributed by atoms with van der Waals surface area (Å²) >= 11 is 0. The van der Waals surface area contributed by atoms with E-state index in [-0.39, 0.29) is 40.6 Å². The molecule has 8 rings (SSSR count). The van der Waals surface area contributed by atoms with Gasteiger partial charge in [-0.1, -0.05) is 17.7 Å². The molecule has 0 amide bonds. The van der Waals surface area contributed by atoms with Crippen molar-refractivity contribution in [1.29, 1.82) is 0 Å². The number of phenolic OH excluding ortho intramolecular Hbond substituents is 5. The minimum absolute atomic E-state index is 0.0283. The lowest BCUT2D eigenvalue weighted by molar-refractivity contribution is -0.198. The fourth-order valence-corrected chi connectivity index (χ4v) is 7.11. The van der Waals surface area contributed by atoms with E-state index in [1.165, 1.54) is 18.2 Å². The predicted octanol–water partition coefficient (Wildman–Crippen LogP) is 7.10. The van der Waals surface area contributed by atoms with Crippen LogP contribution in [-0.2, 0) is 5.79 Å². The highest BCUT2D eigenvalue weighted by Crippen LogP contribution is 2.65. The Bertz CT molecular complexity index is 1970. The maximum atomic E-state index is 11.5. The zero-order chi connectivity index (χ0) is 28.9. The first-order chi connectivity index (χ1) is 20.2. The Morgan fingerprint density at radius 1 is 0.738 bits per heavy atom. The van der Waals surface area contributed by atoms with Crippen molar-refractivity contribution in [2.45, 2.75) is 31.0 Å². The number of hydrogen-bond acceptors (Lipinski definition) is 8. The zero-order valence-corrected chi connectivity index (χ0v) is 22.4. The van der Waals surface area contributed by atoms with E-state index in [1.54, 1.807) is 42.5 Å². The van der Waals surface area contributed by atoms with Gasteiger partial charge in [-0.3, -0.25) is 0 Å². The van der Waals surface area contributed by atoms with Gasteiger partial charge in [0.05, 0.1) is 11.5 Å². The second-order valence-electron chi connectivity index (χ2n) is 11.4. The molecule has 8 nitrogen and oxygen atoms in total. The van der Waals surface area contributed by atoms with Crippen LogP contribution in [0.5, 0.6) is 40.2 Å². The molecule has 5 N–H and O–H groups in total. The summed E-state index contributed by atoms with van der Waals surface area (Å²) in [6.45, 7) is 2.05. The van der Waals surface area contributed by atoms with Crippen LogP contribution in [0.25, 0.3) is 22.3 Å². The number of aromatic hydroxyl groups is 5. The summed E-state index contributed by atoms with van der Waals surface area (Å²) in [5.41, 5.74) is 3.98. The standard InChI is InChI=1S/C34H26O8/c1-16-8-23-22-6-4-21(37)15-30(22)41-34(25-7-5-19(35)13-26(25)38)33(23)24(9-16)32-27(39)10-18(12-31(32)42-34)28-11-17-2-3-20(36)14-29(17)40-28/h2-7,9-15,23-24,33,35-39H,8H2,1H3/t23-,24+,33-,34-/m1/s1. The smallest absolute Gasteiger partial charge is 0.285 e. The van der Waals surface area contributed by atoms with E-state index in [0.717, 1.165) is 16.5 Å². The van der Waals surface area contributed by atoms with Gasteiger partial charge in [-0.15, -0.1) is 0 Å². The van der Waals surface area contributed by atoms with E-state index in [0.29, 0.717) is 46.0 Å². The lowest BCUT2D eigenvalue weighted by Gasteiger charge is -2.55. The average Bonchev–Trinajstić information content (AvgIpc) is 3.35. The lowest BCUT2D eigenvalue weighted by Crippen LogP contribution is -2.56. The number of phenols is 5. The van der Waals surface area contributed by atoms with Crippen molar-refractivity contribution in [3.8, 4) is 51.6 Å². The molecule has 0 fully saturated rings. The number of furan rings is 1. The summed E-state index contributed by atoms with van der Waals surface area (Å²) in [6.07, 6.45) is 2.80. The molecule has 4 aromatic carbocycles. The van der Waals surface area contributed by atoms with Crippen LogP contribution in [0.4, 0.5) is 0 Å². The minimum Gasteiger partial charge on any atom is -0.508 e. The number of hydrogen-bond donors (Lipinski definition) is 5. The third kappa shape index (κ3) is 3.41. The van der Waals surface area contributed by atoms with Crippen LogP contribution in [-0.4, -0.2) is 25.5 Å². The monoisotopic (exact) mass is 562 g/mol. The molecule has 210 valence electrons. The largest absolute Gasteiger partial charge is 0.508 e. The van der Waals surface area contributed by atoms with E-state index in [9.17, 15) is 25.5 Å². The van der Waals surface area contributed by atoms with Crippen LogP contribution in [0.2, 0.25) is 0 Å². The van der Waals surface area contributed by atoms with Crippen LogP contribution < -0.4 is 9.47 Å². The van der Waals surface area contributed by atoms with Crippen molar-refractivity contribution in [2.24, 2.45) is 5.92 Å². The van der Waals surface area contributed by atoms with Crippen LogP contribution in [0.3, 0.4) is 0 Å². The van der Waals surface area contributed by atoms with Gasteiger partial charge in [-0.05, 0) is 67.4 Å². The first-order valence-electron chi connectivity index (χ1n) is 13.7. The highest BCUT2D eigenvalue weighted by atomic mass is 16.7. The van der Waals surface area contributed by atoms with Gasteiger partial charge in [0.15, 0.2) is 0 Å². The molecule has 0 bridgehead atoms. The maximum absolute atomic E-state index is 11.5. The molecular weight excluding hydrogens is 536 g/mol. The molecule has 0 saturated carbocycles. The van der Waals surface area contributed by atoms with Crippen molar-refractivity contribution in [3.63, 3.8) is 0 Å². The fourth-order valence-electron chi connectivity index (χ4n) is 7.11. The molecule has 1 aromatic heterocycles. The second-order valence-corrected chi connectivity index (χ2v) is 11.4. The molecule has 4 atom stereocenters. The van der Waals surface area contributed by atoms with Gasteiger partial charge in [0.1, 0.15) is 51.6 Å². The molecule has 0 unspecified atom stereocenters. The van der Waals surface area contributed by atoms with Crippen molar-refractivity contribution in [2.75, 3.05) is 0 Å². The summed E-state index contributed by atoms with van der Waals surface area (Å²) < 4.78 is 19.5. The van der Waals surface area contributed by atoms with E-state index in [4.69, 9.17) is 13.9 Å². The molecule has 3 heterocycles. The zero-order valence-electron chi connectivity index (χ0n) is 22.4. The quantitative estimate of drug-likeness (QED) is 0.144. The molecule has 0 spiro atoms. The van der Waals surface area contributed by atoms with Crippen molar-refractivity contribution >= 4 is 11.0 Å². The van der Waals surface area contributed by atoms with Crippen LogP contribution in [0.15, 0.2) is 88.9 Å². The van der Waals surface area contributed by atoms with Crippen LogP contribution in [0, 0.1) is 5.92 Å². The molecule has 1 aliphatic carbocycles. The molecule has 42 heavy (non-hydrogen) atoms. The van der Waals surface area contributed by atoms with Gasteiger partial charge in [0.2, 0.25) is 0 Å². The highest BCUT2D eigenvalue weighted by molar-refractivity contribution is 5.84. The Hall–Kier alpha value is -5.24. The average molecular weight is 563 g/mol. The Kier molecular flexibility index (Phi) is 4.90. The molecule has 8 heteroatoms. The summed E-state index contributed by atoms with van der Waals surface area (Å²) in [7, 11) is 0. The van der Waals surface area contributed by atoms with Gasteiger partial charge in [-0.25, -0.2) is 0 Å². The normalized spacial score (nSPS) is 23.6. The Labute approximate surface area is 239 Å². The first kappa shape index (κ1) is 24.5. The van der Waals surface area contributed by atoms with Crippen molar-refractivity contribution in [1.82, 2.24) is 0 Å². The Morgan fingerprint density at radius 3 is 2.31 bits per heavy atom. The Balaban J connectivity index is 1.38. The molecule has 0 radical (unpaired) electrons. The van der Waals surface area contributed by atoms with E-state index < -0.39 is 11.7 Å². The Morgan fingerprint density at radius 2 is 1.48 bits per heavy atom. The van der Waals surface area contributed by atoms with E-state index >= 15 is 0 Å². The van der Waals surface area contributed by atoms with E-state index in [2.05, 4.69) is 13.0 Å². The molecule has 5 aromatic rings.